The zero-order valence-corrected chi connectivity index (χ0v) is 11.7. The summed E-state index contributed by atoms with van der Waals surface area (Å²) in [5, 5.41) is 3.80. The van der Waals surface area contributed by atoms with Crippen LogP contribution in [0.25, 0.3) is 0 Å². The molecule has 0 unspecified atom stereocenters. The number of aryl methyl sites for hydroxylation is 1. The Labute approximate surface area is 114 Å². The van der Waals surface area contributed by atoms with Crippen LogP contribution in [0.4, 0.5) is 5.69 Å². The summed E-state index contributed by atoms with van der Waals surface area (Å²) in [6, 6.07) is 10.0. The molecule has 4 heteroatoms. The molecule has 1 aromatic carbocycles. The Morgan fingerprint density at radius 1 is 1.29 bits per heavy atom. The number of rotatable bonds is 3. The van der Waals surface area contributed by atoms with Crippen molar-refractivity contribution in [2.45, 2.75) is 13.5 Å². The highest BCUT2D eigenvalue weighted by Gasteiger charge is 1.98. The first-order valence-electron chi connectivity index (χ1n) is 5.25. The normalized spacial score (nSPS) is 10.3. The van der Waals surface area contributed by atoms with Crippen LogP contribution in [0, 0.1) is 6.92 Å². The average molecular weight is 312 g/mol. The topological polar surface area (TPSA) is 24.9 Å². The van der Waals surface area contributed by atoms with E-state index in [0.717, 1.165) is 16.7 Å². The van der Waals surface area contributed by atoms with E-state index in [1.165, 1.54) is 11.1 Å². The molecule has 1 heterocycles. The summed E-state index contributed by atoms with van der Waals surface area (Å²) in [6.45, 7) is 2.84. The van der Waals surface area contributed by atoms with Crippen LogP contribution in [0.5, 0.6) is 0 Å². The van der Waals surface area contributed by atoms with Gasteiger partial charge in [0.2, 0.25) is 0 Å². The van der Waals surface area contributed by atoms with Crippen molar-refractivity contribution < 1.29 is 0 Å². The lowest BCUT2D eigenvalue weighted by atomic mass is 10.1. The first-order chi connectivity index (χ1) is 8.15. The predicted molar refractivity (Wildman–Crippen MR) is 75.5 cm³/mol. The molecule has 0 atom stereocenters. The highest BCUT2D eigenvalue weighted by atomic mass is 79.9. The Kier molecular flexibility index (Phi) is 4.02. The first kappa shape index (κ1) is 12.4. The van der Waals surface area contributed by atoms with Gasteiger partial charge in [0, 0.05) is 22.9 Å². The van der Waals surface area contributed by atoms with Crippen molar-refractivity contribution >= 4 is 33.2 Å². The summed E-state index contributed by atoms with van der Waals surface area (Å²) in [5.74, 6) is 0. The number of benzene rings is 1. The van der Waals surface area contributed by atoms with E-state index in [-0.39, 0.29) is 0 Å². The van der Waals surface area contributed by atoms with Crippen LogP contribution < -0.4 is 5.32 Å². The molecule has 0 spiro atoms. The quantitative estimate of drug-likeness (QED) is 0.849. The maximum absolute atomic E-state index is 5.81. The summed E-state index contributed by atoms with van der Waals surface area (Å²) in [7, 11) is 0. The summed E-state index contributed by atoms with van der Waals surface area (Å²) in [6.07, 6.45) is 1.69. The van der Waals surface area contributed by atoms with Gasteiger partial charge in [-0.1, -0.05) is 39.7 Å². The fourth-order valence-corrected chi connectivity index (χ4v) is 2.06. The van der Waals surface area contributed by atoms with Gasteiger partial charge in [-0.3, -0.25) is 0 Å². The molecule has 0 aliphatic rings. The lowest BCUT2D eigenvalue weighted by Crippen LogP contribution is -1.99. The van der Waals surface area contributed by atoms with Crippen molar-refractivity contribution in [3.63, 3.8) is 0 Å². The van der Waals surface area contributed by atoms with Gasteiger partial charge in [-0.05, 0) is 36.2 Å². The zero-order valence-electron chi connectivity index (χ0n) is 9.37. The fraction of sp³-hybridized carbons (Fsp3) is 0.154. The van der Waals surface area contributed by atoms with Gasteiger partial charge >= 0.3 is 0 Å². The minimum Gasteiger partial charge on any atom is -0.381 e. The third kappa shape index (κ3) is 3.45. The molecule has 0 radical (unpaired) electrons. The molecule has 2 rings (SSSR count). The molecule has 17 heavy (non-hydrogen) atoms. The molecule has 0 aliphatic heterocycles. The number of hydrogen-bond acceptors (Lipinski definition) is 2. The predicted octanol–water partition coefficient (Wildman–Crippen LogP) is 4.42. The van der Waals surface area contributed by atoms with Crippen LogP contribution >= 0.6 is 27.5 Å². The molecule has 1 N–H and O–H groups in total. The molecular formula is C13H12BrClN2. The third-order valence-electron chi connectivity index (χ3n) is 2.46. The van der Waals surface area contributed by atoms with Crippen molar-refractivity contribution in [3.8, 4) is 0 Å². The molecule has 1 aromatic heterocycles. The van der Waals surface area contributed by atoms with Crippen LogP contribution in [0.3, 0.4) is 0 Å². The maximum atomic E-state index is 5.81. The Hall–Kier alpha value is -1.06. The lowest BCUT2D eigenvalue weighted by molar-refractivity contribution is 1.13. The number of pyridine rings is 1. The van der Waals surface area contributed by atoms with E-state index in [1.807, 2.05) is 12.1 Å². The Balaban J connectivity index is 2.05. The number of aromatic nitrogens is 1. The van der Waals surface area contributed by atoms with Crippen molar-refractivity contribution in [2.75, 3.05) is 5.32 Å². The van der Waals surface area contributed by atoms with Gasteiger partial charge in [0.05, 0.1) is 0 Å². The van der Waals surface area contributed by atoms with Gasteiger partial charge < -0.3 is 5.32 Å². The summed E-state index contributed by atoms with van der Waals surface area (Å²) in [5.41, 5.74) is 3.43. The van der Waals surface area contributed by atoms with Crippen molar-refractivity contribution in [3.05, 3.63) is 57.3 Å². The van der Waals surface area contributed by atoms with E-state index >= 15 is 0 Å². The second-order valence-electron chi connectivity index (χ2n) is 3.80. The second kappa shape index (κ2) is 5.52. The molecule has 0 fully saturated rings. The Morgan fingerprint density at radius 2 is 2.12 bits per heavy atom. The molecule has 0 aliphatic carbocycles. The molecule has 0 amide bonds. The van der Waals surface area contributed by atoms with Crippen LogP contribution in [0.2, 0.25) is 5.15 Å². The molecule has 2 nitrogen and oxygen atoms in total. The smallest absolute Gasteiger partial charge is 0.131 e. The van der Waals surface area contributed by atoms with Gasteiger partial charge in [0.25, 0.3) is 0 Å². The minimum atomic E-state index is 0.500. The molecular weight excluding hydrogens is 300 g/mol. The van der Waals surface area contributed by atoms with E-state index in [4.69, 9.17) is 11.6 Å². The van der Waals surface area contributed by atoms with E-state index in [1.54, 1.807) is 6.20 Å². The molecule has 0 bridgehead atoms. The lowest BCUT2D eigenvalue weighted by Gasteiger charge is -2.08. The SMILES string of the molecule is Cc1ccc(CNc2ccnc(Cl)c2)cc1Br. The van der Waals surface area contributed by atoms with Gasteiger partial charge in [0.15, 0.2) is 0 Å². The highest BCUT2D eigenvalue weighted by molar-refractivity contribution is 9.10. The van der Waals surface area contributed by atoms with E-state index < -0.39 is 0 Å². The summed E-state index contributed by atoms with van der Waals surface area (Å²) < 4.78 is 1.13. The highest BCUT2D eigenvalue weighted by Crippen LogP contribution is 2.19. The maximum Gasteiger partial charge on any atom is 0.131 e. The minimum absolute atomic E-state index is 0.500. The van der Waals surface area contributed by atoms with Gasteiger partial charge in [-0.15, -0.1) is 0 Å². The van der Waals surface area contributed by atoms with Crippen LogP contribution in [-0.4, -0.2) is 4.98 Å². The fourth-order valence-electron chi connectivity index (χ4n) is 1.46. The summed E-state index contributed by atoms with van der Waals surface area (Å²) >= 11 is 9.34. The summed E-state index contributed by atoms with van der Waals surface area (Å²) in [4.78, 5) is 3.94. The molecule has 0 saturated heterocycles. The number of nitrogens with one attached hydrogen (secondary N) is 1. The average Bonchev–Trinajstić information content (AvgIpc) is 2.31. The number of hydrogen-bond donors (Lipinski definition) is 1. The largest absolute Gasteiger partial charge is 0.381 e. The number of halogens is 2. The van der Waals surface area contributed by atoms with E-state index in [0.29, 0.717) is 5.15 Å². The molecule has 88 valence electrons. The van der Waals surface area contributed by atoms with Crippen molar-refractivity contribution in [1.82, 2.24) is 4.98 Å². The number of anilines is 1. The Bertz CT molecular complexity index is 529. The first-order valence-corrected chi connectivity index (χ1v) is 6.43. The van der Waals surface area contributed by atoms with Gasteiger partial charge in [-0.2, -0.15) is 0 Å². The monoisotopic (exact) mass is 310 g/mol. The second-order valence-corrected chi connectivity index (χ2v) is 5.05. The van der Waals surface area contributed by atoms with Crippen molar-refractivity contribution in [2.24, 2.45) is 0 Å². The van der Waals surface area contributed by atoms with Crippen LogP contribution in [-0.2, 0) is 6.54 Å². The van der Waals surface area contributed by atoms with E-state index in [9.17, 15) is 0 Å². The molecule has 2 aromatic rings. The van der Waals surface area contributed by atoms with Gasteiger partial charge in [-0.25, -0.2) is 4.98 Å². The zero-order chi connectivity index (χ0) is 12.3. The van der Waals surface area contributed by atoms with E-state index in [2.05, 4.69) is 51.4 Å². The van der Waals surface area contributed by atoms with Crippen molar-refractivity contribution in [1.29, 1.82) is 0 Å². The van der Waals surface area contributed by atoms with Crippen LogP contribution in [0.1, 0.15) is 11.1 Å². The number of nitrogens with zero attached hydrogens (tertiary/aromatic N) is 1. The Morgan fingerprint density at radius 3 is 2.82 bits per heavy atom. The van der Waals surface area contributed by atoms with Gasteiger partial charge in [0.1, 0.15) is 5.15 Å². The third-order valence-corrected chi connectivity index (χ3v) is 3.52. The molecule has 0 saturated carbocycles. The van der Waals surface area contributed by atoms with Crippen LogP contribution in [0.15, 0.2) is 41.0 Å². The standard InChI is InChI=1S/C13H12BrClN2/c1-9-2-3-10(6-12(9)14)8-17-11-4-5-16-13(15)7-11/h2-7H,8H2,1H3,(H,16,17).